The van der Waals surface area contributed by atoms with Crippen molar-refractivity contribution in [1.29, 1.82) is 0 Å². The van der Waals surface area contributed by atoms with E-state index in [4.69, 9.17) is 11.6 Å². The van der Waals surface area contributed by atoms with E-state index in [1.54, 1.807) is 0 Å². The number of rotatable bonds is 0. The normalized spacial score (nSPS) is 62.5. The summed E-state index contributed by atoms with van der Waals surface area (Å²) in [4.78, 5) is 14.9. The van der Waals surface area contributed by atoms with Gasteiger partial charge in [-0.2, -0.15) is 0 Å². The lowest BCUT2D eigenvalue weighted by Crippen LogP contribution is -2.75. The highest BCUT2D eigenvalue weighted by atomic mass is 35.5. The third-order valence-corrected chi connectivity index (χ3v) is 5.75. The maximum Gasteiger partial charge on any atom is 0.148 e. The quantitative estimate of drug-likeness (QED) is 0.590. The molecule has 84 valence electrons. The van der Waals surface area contributed by atoms with Crippen LogP contribution < -0.4 is 0 Å². The van der Waals surface area contributed by atoms with Gasteiger partial charge in [0.05, 0.1) is 10.8 Å². The van der Waals surface area contributed by atoms with Crippen molar-refractivity contribution in [3.05, 3.63) is 0 Å². The monoisotopic (exact) mass is 227 g/mol. The molecule has 0 spiro atoms. The Balaban J connectivity index is 2.16. The molecule has 1 aliphatic carbocycles. The van der Waals surface area contributed by atoms with Crippen molar-refractivity contribution in [1.82, 2.24) is 4.90 Å². The Morgan fingerprint density at radius 1 is 1.27 bits per heavy atom. The van der Waals surface area contributed by atoms with E-state index in [0.29, 0.717) is 5.78 Å². The van der Waals surface area contributed by atoms with Crippen molar-refractivity contribution in [2.24, 2.45) is 16.2 Å². The Morgan fingerprint density at radius 3 is 2.60 bits per heavy atom. The average Bonchev–Trinajstić information content (AvgIpc) is 2.10. The van der Waals surface area contributed by atoms with Gasteiger partial charge in [0.25, 0.3) is 0 Å². The SMILES string of the molecule is CC12CN3CC(C)(C1)C(Cl)C(C)(C3)C2=O. The molecular formula is C12H18ClNO. The summed E-state index contributed by atoms with van der Waals surface area (Å²) in [6.07, 6.45) is 0.971. The van der Waals surface area contributed by atoms with E-state index in [1.807, 2.05) is 0 Å². The first-order chi connectivity index (χ1) is 6.80. The van der Waals surface area contributed by atoms with E-state index in [0.717, 1.165) is 26.1 Å². The van der Waals surface area contributed by atoms with Crippen molar-refractivity contribution >= 4 is 17.4 Å². The van der Waals surface area contributed by atoms with Gasteiger partial charge < -0.3 is 4.90 Å². The lowest BCUT2D eigenvalue weighted by Gasteiger charge is -2.66. The van der Waals surface area contributed by atoms with Crippen LogP contribution in [0.1, 0.15) is 27.2 Å². The fourth-order valence-electron chi connectivity index (χ4n) is 4.69. The zero-order valence-electron chi connectivity index (χ0n) is 9.64. The number of Topliss-reactive ketones (excluding diaryl/α,β-unsaturated/α-hetero) is 1. The van der Waals surface area contributed by atoms with Crippen molar-refractivity contribution in [3.63, 3.8) is 0 Å². The van der Waals surface area contributed by atoms with Crippen molar-refractivity contribution < 1.29 is 4.79 Å². The first kappa shape index (κ1) is 10.1. The Morgan fingerprint density at radius 2 is 1.93 bits per heavy atom. The molecule has 2 nitrogen and oxygen atoms in total. The van der Waals surface area contributed by atoms with E-state index >= 15 is 0 Å². The van der Waals surface area contributed by atoms with Crippen LogP contribution in [-0.4, -0.2) is 35.7 Å². The lowest BCUT2D eigenvalue weighted by molar-refractivity contribution is -0.178. The smallest absolute Gasteiger partial charge is 0.148 e. The number of piperidine rings is 3. The topological polar surface area (TPSA) is 20.3 Å². The van der Waals surface area contributed by atoms with Gasteiger partial charge in [0.2, 0.25) is 0 Å². The number of alkyl halides is 1. The van der Waals surface area contributed by atoms with Crippen LogP contribution in [-0.2, 0) is 4.79 Å². The first-order valence-corrected chi connectivity index (χ1v) is 6.15. The molecule has 15 heavy (non-hydrogen) atoms. The van der Waals surface area contributed by atoms with Crippen LogP contribution in [0, 0.1) is 16.2 Å². The molecule has 4 bridgehead atoms. The third-order valence-electron chi connectivity index (χ3n) is 4.74. The number of hydrogen-bond donors (Lipinski definition) is 0. The zero-order chi connectivity index (χ0) is 11.1. The highest BCUT2D eigenvalue weighted by Gasteiger charge is 2.67. The van der Waals surface area contributed by atoms with Crippen LogP contribution in [0.15, 0.2) is 0 Å². The molecule has 4 aliphatic rings. The van der Waals surface area contributed by atoms with Crippen LogP contribution in [0.25, 0.3) is 0 Å². The molecule has 0 amide bonds. The van der Waals surface area contributed by atoms with Gasteiger partial charge in [-0.05, 0) is 18.8 Å². The number of ketones is 1. The second-order valence-corrected chi connectivity index (χ2v) is 7.08. The minimum Gasteiger partial charge on any atom is -0.301 e. The van der Waals surface area contributed by atoms with E-state index < -0.39 is 0 Å². The second kappa shape index (κ2) is 2.43. The molecule has 0 radical (unpaired) electrons. The maximum absolute atomic E-state index is 12.5. The minimum atomic E-state index is -0.306. The predicted molar refractivity (Wildman–Crippen MR) is 60.0 cm³/mol. The number of carbonyl (C=O) groups excluding carboxylic acids is 1. The van der Waals surface area contributed by atoms with E-state index in [9.17, 15) is 4.79 Å². The molecule has 3 saturated heterocycles. The molecule has 3 aliphatic heterocycles. The zero-order valence-corrected chi connectivity index (χ0v) is 10.4. The van der Waals surface area contributed by atoms with Gasteiger partial charge in [-0.15, -0.1) is 11.6 Å². The predicted octanol–water partition coefficient (Wildman–Crippen LogP) is 1.91. The van der Waals surface area contributed by atoms with Crippen molar-refractivity contribution in [2.75, 3.05) is 19.6 Å². The third kappa shape index (κ3) is 0.980. The molecule has 4 rings (SSSR count). The number of halogens is 1. The van der Waals surface area contributed by atoms with Crippen LogP contribution in [0.5, 0.6) is 0 Å². The van der Waals surface area contributed by atoms with Gasteiger partial charge in [-0.1, -0.05) is 13.8 Å². The molecule has 0 aromatic carbocycles. The van der Waals surface area contributed by atoms with Gasteiger partial charge in [0.1, 0.15) is 5.78 Å². The summed E-state index contributed by atoms with van der Waals surface area (Å²) < 4.78 is 0. The minimum absolute atomic E-state index is 0.0159. The van der Waals surface area contributed by atoms with Crippen molar-refractivity contribution in [2.45, 2.75) is 32.6 Å². The molecule has 0 N–H and O–H groups in total. The molecule has 5 unspecified atom stereocenters. The maximum atomic E-state index is 12.5. The van der Waals surface area contributed by atoms with Crippen LogP contribution in [0.4, 0.5) is 0 Å². The Kier molecular flexibility index (Phi) is 1.64. The summed E-state index contributed by atoms with van der Waals surface area (Å²) in [6.45, 7) is 9.32. The number of carbonyl (C=O) groups is 1. The molecule has 3 heterocycles. The highest BCUT2D eigenvalue weighted by molar-refractivity contribution is 6.24. The van der Waals surface area contributed by atoms with Gasteiger partial charge in [-0.3, -0.25) is 4.79 Å². The van der Waals surface area contributed by atoms with Gasteiger partial charge in [-0.25, -0.2) is 0 Å². The largest absolute Gasteiger partial charge is 0.301 e. The summed E-state index contributed by atoms with van der Waals surface area (Å²) in [5, 5.41) is 0.0159. The first-order valence-electron chi connectivity index (χ1n) is 5.72. The molecule has 0 aromatic rings. The van der Waals surface area contributed by atoms with Gasteiger partial charge in [0.15, 0.2) is 0 Å². The Labute approximate surface area is 96.0 Å². The Hall–Kier alpha value is -0.0800. The van der Waals surface area contributed by atoms with Crippen LogP contribution >= 0.6 is 11.6 Å². The van der Waals surface area contributed by atoms with E-state index in [2.05, 4.69) is 25.7 Å². The molecule has 1 saturated carbocycles. The fraction of sp³-hybridized carbons (Fsp3) is 0.917. The van der Waals surface area contributed by atoms with Crippen molar-refractivity contribution in [3.8, 4) is 0 Å². The Bertz CT molecular complexity index is 358. The molecular weight excluding hydrogens is 210 g/mol. The fourth-order valence-corrected chi connectivity index (χ4v) is 5.00. The van der Waals surface area contributed by atoms with Crippen LogP contribution in [0.2, 0.25) is 0 Å². The summed E-state index contributed by atoms with van der Waals surface area (Å²) in [7, 11) is 0. The number of hydrogen-bond acceptors (Lipinski definition) is 2. The molecule has 5 atom stereocenters. The summed E-state index contributed by atoms with van der Waals surface area (Å²) in [5.41, 5.74) is -0.305. The molecule has 0 aromatic heterocycles. The van der Waals surface area contributed by atoms with Gasteiger partial charge in [0, 0.05) is 25.0 Å². The highest BCUT2D eigenvalue weighted by Crippen LogP contribution is 2.61. The molecule has 3 heteroatoms. The van der Waals surface area contributed by atoms with Crippen LogP contribution in [0.3, 0.4) is 0 Å². The number of nitrogens with zero attached hydrogens (tertiary/aromatic N) is 1. The molecule has 4 fully saturated rings. The van der Waals surface area contributed by atoms with E-state index in [1.165, 1.54) is 0 Å². The summed E-state index contributed by atoms with van der Waals surface area (Å²) in [5.74, 6) is 0.406. The van der Waals surface area contributed by atoms with E-state index in [-0.39, 0.29) is 21.6 Å². The average molecular weight is 228 g/mol. The van der Waals surface area contributed by atoms with Gasteiger partial charge >= 0.3 is 0 Å². The summed E-state index contributed by atoms with van der Waals surface area (Å²) in [6, 6.07) is 0. The summed E-state index contributed by atoms with van der Waals surface area (Å²) >= 11 is 6.56. The standard InChI is InChI=1S/C12H18ClNO/c1-10-4-11(2)6-14(5-10)7-12(3,8(10)13)9(11)15/h8H,4-7H2,1-3H3. The second-order valence-electron chi connectivity index (χ2n) is 6.65. The lowest BCUT2D eigenvalue weighted by atomic mass is 9.48.